The SMILES string of the molecule is OCCC#CCC#CCC#CCCCCCO. The fraction of sp³-hybridized carbons (Fsp3) is 0.600. The van der Waals surface area contributed by atoms with Crippen LogP contribution in [-0.2, 0) is 0 Å². The van der Waals surface area contributed by atoms with Gasteiger partial charge in [-0.2, -0.15) is 0 Å². The lowest BCUT2D eigenvalue weighted by Crippen LogP contribution is -1.81. The Morgan fingerprint density at radius 3 is 1.71 bits per heavy atom. The molecule has 92 valence electrons. The van der Waals surface area contributed by atoms with E-state index in [1.807, 2.05) is 0 Å². The molecular formula is C15H20O2. The molecule has 0 fully saturated rings. The van der Waals surface area contributed by atoms with E-state index in [2.05, 4.69) is 35.5 Å². The van der Waals surface area contributed by atoms with E-state index >= 15 is 0 Å². The molecule has 0 atom stereocenters. The summed E-state index contributed by atoms with van der Waals surface area (Å²) in [6, 6.07) is 0. The monoisotopic (exact) mass is 232 g/mol. The van der Waals surface area contributed by atoms with Gasteiger partial charge in [0, 0.05) is 19.4 Å². The van der Waals surface area contributed by atoms with Crippen LogP contribution < -0.4 is 0 Å². The average Bonchev–Trinajstić information content (AvgIpc) is 2.35. The molecule has 2 N–H and O–H groups in total. The molecular weight excluding hydrogens is 212 g/mol. The third-order valence-electron chi connectivity index (χ3n) is 1.93. The van der Waals surface area contributed by atoms with Gasteiger partial charge < -0.3 is 10.2 Å². The number of hydrogen-bond donors (Lipinski definition) is 2. The van der Waals surface area contributed by atoms with Crippen molar-refractivity contribution in [2.45, 2.75) is 44.9 Å². The minimum Gasteiger partial charge on any atom is -0.396 e. The van der Waals surface area contributed by atoms with E-state index in [0.29, 0.717) is 19.3 Å². The molecule has 2 nitrogen and oxygen atoms in total. The first-order valence-corrected chi connectivity index (χ1v) is 6.00. The van der Waals surface area contributed by atoms with Gasteiger partial charge in [0.15, 0.2) is 0 Å². The van der Waals surface area contributed by atoms with E-state index in [9.17, 15) is 0 Å². The summed E-state index contributed by atoms with van der Waals surface area (Å²) in [6.07, 6.45) is 5.52. The van der Waals surface area contributed by atoms with Gasteiger partial charge in [-0.3, -0.25) is 0 Å². The molecule has 0 saturated heterocycles. The Morgan fingerprint density at radius 2 is 1.12 bits per heavy atom. The second kappa shape index (κ2) is 14.6. The Kier molecular flexibility index (Phi) is 13.4. The van der Waals surface area contributed by atoms with Crippen molar-refractivity contribution in [2.24, 2.45) is 0 Å². The normalized spacial score (nSPS) is 8.12. The van der Waals surface area contributed by atoms with Crippen molar-refractivity contribution >= 4 is 0 Å². The zero-order valence-corrected chi connectivity index (χ0v) is 10.3. The minimum absolute atomic E-state index is 0.113. The van der Waals surface area contributed by atoms with Crippen molar-refractivity contribution in [3.8, 4) is 35.5 Å². The van der Waals surface area contributed by atoms with E-state index in [1.54, 1.807) is 0 Å². The van der Waals surface area contributed by atoms with E-state index in [-0.39, 0.29) is 13.2 Å². The molecule has 0 radical (unpaired) electrons. The molecule has 0 saturated carbocycles. The smallest absolute Gasteiger partial charge is 0.0703 e. The number of hydrogen-bond acceptors (Lipinski definition) is 2. The van der Waals surface area contributed by atoms with E-state index in [0.717, 1.165) is 25.7 Å². The maximum absolute atomic E-state index is 8.56. The lowest BCUT2D eigenvalue weighted by Gasteiger charge is -1.90. The first-order chi connectivity index (χ1) is 8.41. The third kappa shape index (κ3) is 14.6. The molecule has 0 aliphatic heterocycles. The first kappa shape index (κ1) is 15.6. The van der Waals surface area contributed by atoms with E-state index < -0.39 is 0 Å². The summed E-state index contributed by atoms with van der Waals surface area (Å²) in [4.78, 5) is 0. The Bertz CT molecular complexity index is 338. The highest BCUT2D eigenvalue weighted by molar-refractivity contribution is 5.16. The van der Waals surface area contributed by atoms with Gasteiger partial charge in [-0.1, -0.05) is 36.0 Å². The molecule has 0 aliphatic rings. The third-order valence-corrected chi connectivity index (χ3v) is 1.93. The van der Waals surface area contributed by atoms with Crippen LogP contribution in [-0.4, -0.2) is 23.4 Å². The predicted molar refractivity (Wildman–Crippen MR) is 69.8 cm³/mol. The van der Waals surface area contributed by atoms with Crippen LogP contribution >= 0.6 is 0 Å². The molecule has 0 aromatic heterocycles. The zero-order chi connectivity index (χ0) is 12.6. The molecule has 0 rings (SSSR count). The largest absolute Gasteiger partial charge is 0.396 e. The molecule has 17 heavy (non-hydrogen) atoms. The Balaban J connectivity index is 3.41. The van der Waals surface area contributed by atoms with Crippen LogP contribution in [0.5, 0.6) is 0 Å². The Morgan fingerprint density at radius 1 is 0.529 bits per heavy atom. The molecule has 0 bridgehead atoms. The summed E-state index contributed by atoms with van der Waals surface area (Å²) in [5.74, 6) is 17.6. The molecule has 0 unspecified atom stereocenters. The highest BCUT2D eigenvalue weighted by Gasteiger charge is 1.83. The topological polar surface area (TPSA) is 40.5 Å². The average molecular weight is 232 g/mol. The highest BCUT2D eigenvalue weighted by Crippen LogP contribution is 1.97. The van der Waals surface area contributed by atoms with Crippen LogP contribution in [0, 0.1) is 35.5 Å². The van der Waals surface area contributed by atoms with Crippen molar-refractivity contribution in [2.75, 3.05) is 13.2 Å². The minimum atomic E-state index is 0.113. The molecule has 2 heteroatoms. The summed E-state index contributed by atoms with van der Waals surface area (Å²) in [5, 5.41) is 17.0. The highest BCUT2D eigenvalue weighted by atomic mass is 16.3. The van der Waals surface area contributed by atoms with Gasteiger partial charge in [-0.25, -0.2) is 0 Å². The second-order valence-corrected chi connectivity index (χ2v) is 3.42. The van der Waals surface area contributed by atoms with Crippen LogP contribution in [0.1, 0.15) is 44.9 Å². The zero-order valence-electron chi connectivity index (χ0n) is 10.3. The van der Waals surface area contributed by atoms with Gasteiger partial charge >= 0.3 is 0 Å². The molecule has 0 aliphatic carbocycles. The number of unbranched alkanes of at least 4 members (excludes halogenated alkanes) is 3. The van der Waals surface area contributed by atoms with Crippen LogP contribution in [0.15, 0.2) is 0 Å². The molecule has 0 amide bonds. The van der Waals surface area contributed by atoms with Crippen molar-refractivity contribution in [3.63, 3.8) is 0 Å². The van der Waals surface area contributed by atoms with Crippen LogP contribution in [0.4, 0.5) is 0 Å². The van der Waals surface area contributed by atoms with Crippen LogP contribution in [0.3, 0.4) is 0 Å². The summed E-state index contributed by atoms with van der Waals surface area (Å²) < 4.78 is 0. The fourth-order valence-corrected chi connectivity index (χ4v) is 1.07. The van der Waals surface area contributed by atoms with Crippen LogP contribution in [0.25, 0.3) is 0 Å². The van der Waals surface area contributed by atoms with E-state index in [1.165, 1.54) is 0 Å². The quantitative estimate of drug-likeness (QED) is 0.559. The van der Waals surface area contributed by atoms with Gasteiger partial charge in [0.2, 0.25) is 0 Å². The van der Waals surface area contributed by atoms with Crippen molar-refractivity contribution in [1.29, 1.82) is 0 Å². The maximum Gasteiger partial charge on any atom is 0.0703 e. The standard InChI is InChI=1S/C15H20O2/c16-14-12-10-8-6-4-2-1-3-5-7-9-11-13-15-17/h16-17H,1,6-8,10,12-15H2. The number of aliphatic hydroxyl groups is 2. The maximum atomic E-state index is 8.56. The number of rotatable bonds is 5. The first-order valence-electron chi connectivity index (χ1n) is 6.00. The Hall–Kier alpha value is -1.40. The summed E-state index contributed by atoms with van der Waals surface area (Å²) in [5.41, 5.74) is 0. The van der Waals surface area contributed by atoms with Crippen LogP contribution in [0.2, 0.25) is 0 Å². The molecule has 0 heterocycles. The van der Waals surface area contributed by atoms with Crippen molar-refractivity contribution in [1.82, 2.24) is 0 Å². The lowest BCUT2D eigenvalue weighted by atomic mass is 10.2. The number of aliphatic hydroxyl groups excluding tert-OH is 2. The Labute approximate surface area is 104 Å². The van der Waals surface area contributed by atoms with Gasteiger partial charge in [0.05, 0.1) is 19.4 Å². The summed E-state index contributed by atoms with van der Waals surface area (Å²) in [6.45, 7) is 0.387. The summed E-state index contributed by atoms with van der Waals surface area (Å²) >= 11 is 0. The van der Waals surface area contributed by atoms with Crippen molar-refractivity contribution < 1.29 is 10.2 Å². The molecule has 0 spiro atoms. The molecule has 0 aromatic rings. The lowest BCUT2D eigenvalue weighted by molar-refractivity contribution is 0.283. The van der Waals surface area contributed by atoms with Gasteiger partial charge in [-0.15, -0.1) is 5.92 Å². The van der Waals surface area contributed by atoms with Crippen molar-refractivity contribution in [3.05, 3.63) is 0 Å². The van der Waals surface area contributed by atoms with Gasteiger partial charge in [0.1, 0.15) is 0 Å². The van der Waals surface area contributed by atoms with E-state index in [4.69, 9.17) is 10.2 Å². The predicted octanol–water partition coefficient (Wildman–Crippen LogP) is 1.71. The second-order valence-electron chi connectivity index (χ2n) is 3.42. The molecule has 0 aromatic carbocycles. The fourth-order valence-electron chi connectivity index (χ4n) is 1.07. The summed E-state index contributed by atoms with van der Waals surface area (Å²) in [7, 11) is 0. The van der Waals surface area contributed by atoms with Gasteiger partial charge in [-0.05, 0) is 12.8 Å². The van der Waals surface area contributed by atoms with Gasteiger partial charge in [0.25, 0.3) is 0 Å².